The number of carbonyl (C=O) groups excluding carboxylic acids is 2. The molecule has 0 fully saturated rings. The van der Waals surface area contributed by atoms with Crippen LogP contribution in [0.5, 0.6) is 5.75 Å². The number of amides is 3. The van der Waals surface area contributed by atoms with E-state index in [1.54, 1.807) is 54.3 Å². The molecule has 4 rings (SSSR count). The molecule has 0 bridgehead atoms. The number of fused-ring (bicyclic) bond motifs is 1. The van der Waals surface area contributed by atoms with E-state index in [4.69, 9.17) is 9.47 Å². The number of hydrogen-bond donors (Lipinski definition) is 4. The molecule has 0 aromatic heterocycles. The number of aromatic carboxylic acids is 1. The van der Waals surface area contributed by atoms with Crippen molar-refractivity contribution >= 4 is 29.3 Å². The fourth-order valence-corrected chi connectivity index (χ4v) is 5.71. The van der Waals surface area contributed by atoms with E-state index in [0.717, 1.165) is 24.8 Å². The Hall–Kier alpha value is -4.45. The highest BCUT2D eigenvalue weighted by Gasteiger charge is 2.30. The molecule has 4 atom stereocenters. The lowest BCUT2D eigenvalue weighted by atomic mass is 10.0. The molecular formula is C37H48N4O7. The summed E-state index contributed by atoms with van der Waals surface area (Å²) < 4.78 is 12.7. The average molecular weight is 661 g/mol. The monoisotopic (exact) mass is 660 g/mol. The van der Waals surface area contributed by atoms with E-state index in [1.807, 2.05) is 51.2 Å². The van der Waals surface area contributed by atoms with Gasteiger partial charge in [-0.15, -0.1) is 0 Å². The zero-order valence-corrected chi connectivity index (χ0v) is 28.2. The molecule has 1 aliphatic heterocycles. The van der Waals surface area contributed by atoms with Gasteiger partial charge in [-0.3, -0.25) is 9.69 Å². The number of benzene rings is 3. The number of aliphatic hydroxyl groups is 1. The third kappa shape index (κ3) is 10.5. The zero-order valence-electron chi connectivity index (χ0n) is 28.2. The maximum absolute atomic E-state index is 14.3. The van der Waals surface area contributed by atoms with Crippen LogP contribution in [0.2, 0.25) is 0 Å². The first kappa shape index (κ1) is 36.4. The van der Waals surface area contributed by atoms with Crippen LogP contribution in [0.15, 0.2) is 72.8 Å². The predicted molar refractivity (Wildman–Crippen MR) is 186 cm³/mol. The number of para-hydroxylation sites is 1. The molecule has 11 heteroatoms. The Morgan fingerprint density at radius 1 is 1.00 bits per heavy atom. The number of carboxylic acids is 1. The number of carboxylic acid groups (broad SMARTS) is 1. The predicted octanol–water partition coefficient (Wildman–Crippen LogP) is 5.96. The van der Waals surface area contributed by atoms with Crippen LogP contribution in [-0.4, -0.2) is 89.5 Å². The summed E-state index contributed by atoms with van der Waals surface area (Å²) in [7, 11) is 1.99. The van der Waals surface area contributed by atoms with Crippen molar-refractivity contribution in [3.63, 3.8) is 0 Å². The van der Waals surface area contributed by atoms with Crippen LogP contribution in [0.25, 0.3) is 0 Å². The third-order valence-corrected chi connectivity index (χ3v) is 8.49. The van der Waals surface area contributed by atoms with Crippen molar-refractivity contribution in [3.05, 3.63) is 89.5 Å². The van der Waals surface area contributed by atoms with E-state index >= 15 is 0 Å². The van der Waals surface area contributed by atoms with Gasteiger partial charge in [-0.05, 0) is 88.2 Å². The minimum Gasteiger partial charge on any atom is -0.490 e. The highest BCUT2D eigenvalue weighted by molar-refractivity contribution is 6.02. The number of ether oxygens (including phenoxy) is 2. The lowest BCUT2D eigenvalue weighted by Crippen LogP contribution is -2.47. The summed E-state index contributed by atoms with van der Waals surface area (Å²) >= 11 is 0. The second kappa shape index (κ2) is 17.6. The largest absolute Gasteiger partial charge is 0.490 e. The molecule has 0 radical (unpaired) electrons. The van der Waals surface area contributed by atoms with Crippen molar-refractivity contribution < 1.29 is 34.1 Å². The van der Waals surface area contributed by atoms with Crippen molar-refractivity contribution in [2.45, 2.75) is 64.8 Å². The van der Waals surface area contributed by atoms with E-state index < -0.39 is 18.0 Å². The summed E-state index contributed by atoms with van der Waals surface area (Å²) in [5.74, 6) is -0.968. The van der Waals surface area contributed by atoms with Gasteiger partial charge in [0.1, 0.15) is 5.75 Å². The first-order chi connectivity index (χ1) is 23.0. The van der Waals surface area contributed by atoms with Crippen molar-refractivity contribution in [1.29, 1.82) is 0 Å². The number of likely N-dealkylation sites (N-methyl/N-ethyl adjacent to an activating group) is 1. The molecule has 0 aliphatic carbocycles. The summed E-state index contributed by atoms with van der Waals surface area (Å²) in [6, 6.07) is 20.0. The van der Waals surface area contributed by atoms with Crippen molar-refractivity contribution in [1.82, 2.24) is 9.80 Å². The quantitative estimate of drug-likeness (QED) is 0.221. The second-order valence-corrected chi connectivity index (χ2v) is 12.7. The van der Waals surface area contributed by atoms with E-state index in [2.05, 4.69) is 15.5 Å². The Morgan fingerprint density at radius 2 is 1.71 bits per heavy atom. The minimum atomic E-state index is -0.960. The van der Waals surface area contributed by atoms with Crippen LogP contribution in [0.1, 0.15) is 66.3 Å². The number of urea groups is 1. The average Bonchev–Trinajstić information content (AvgIpc) is 3.06. The molecule has 0 saturated carbocycles. The smallest absolute Gasteiger partial charge is 0.335 e. The second-order valence-electron chi connectivity index (χ2n) is 12.7. The van der Waals surface area contributed by atoms with Crippen LogP contribution < -0.4 is 15.4 Å². The van der Waals surface area contributed by atoms with Gasteiger partial charge in [0.25, 0.3) is 5.91 Å². The number of anilines is 2. The molecule has 3 amide bonds. The molecule has 3 aromatic carbocycles. The Labute approximate surface area is 282 Å². The van der Waals surface area contributed by atoms with Gasteiger partial charge in [-0.1, -0.05) is 37.3 Å². The summed E-state index contributed by atoms with van der Waals surface area (Å²) in [5.41, 5.74) is 2.58. The van der Waals surface area contributed by atoms with Gasteiger partial charge >= 0.3 is 12.0 Å². The molecule has 3 aromatic rings. The Morgan fingerprint density at radius 3 is 2.40 bits per heavy atom. The van der Waals surface area contributed by atoms with E-state index in [9.17, 15) is 24.6 Å². The van der Waals surface area contributed by atoms with Gasteiger partial charge in [0.15, 0.2) is 0 Å². The first-order valence-electron chi connectivity index (χ1n) is 16.5. The Balaban J connectivity index is 1.57. The standard InChI is InChI=1S/C37H48N4O7/c1-25-21-41(26(2)24-42)35(43)32-20-31(39-37(46)38-30-11-6-5-7-12-30)17-18-33(32)48-27(3)10-8-9-19-47-34(25)23-40(4)22-28-13-15-29(16-14-28)36(44)45/h5-7,11-18,20,25-27,34,42H,8-10,19,21-24H2,1-4H3,(H,44,45)(H2,38,39,46)/t25-,26-,27-,34-/m0/s1. The molecule has 1 heterocycles. The molecule has 0 unspecified atom stereocenters. The highest BCUT2D eigenvalue weighted by atomic mass is 16.5. The molecule has 1 aliphatic rings. The third-order valence-electron chi connectivity index (χ3n) is 8.49. The zero-order chi connectivity index (χ0) is 34.6. The van der Waals surface area contributed by atoms with E-state index in [-0.39, 0.29) is 36.2 Å². The van der Waals surface area contributed by atoms with Crippen LogP contribution in [-0.2, 0) is 11.3 Å². The Bertz CT molecular complexity index is 1500. The highest BCUT2D eigenvalue weighted by Crippen LogP contribution is 2.29. The summed E-state index contributed by atoms with van der Waals surface area (Å²) in [5, 5.41) is 25.1. The molecule has 4 N–H and O–H groups in total. The minimum absolute atomic E-state index is 0.107. The molecule has 0 spiro atoms. The van der Waals surface area contributed by atoms with E-state index in [0.29, 0.717) is 48.9 Å². The van der Waals surface area contributed by atoms with Crippen LogP contribution >= 0.6 is 0 Å². The maximum atomic E-state index is 14.3. The SMILES string of the molecule is C[C@H]1CCCCO[C@@H](CN(C)Cc2ccc(C(=O)O)cc2)[C@@H](C)CN([C@@H](C)CO)C(=O)c2cc(NC(=O)Nc3ccccc3)ccc2O1. The lowest BCUT2D eigenvalue weighted by Gasteiger charge is -2.36. The molecule has 11 nitrogen and oxygen atoms in total. The fourth-order valence-electron chi connectivity index (χ4n) is 5.71. The number of nitrogens with one attached hydrogen (secondary N) is 2. The molecule has 258 valence electrons. The van der Waals surface area contributed by atoms with Crippen LogP contribution in [0.4, 0.5) is 16.2 Å². The fraction of sp³-hybridized carbons (Fsp3) is 0.432. The summed E-state index contributed by atoms with van der Waals surface area (Å²) in [6.07, 6.45) is 2.10. The van der Waals surface area contributed by atoms with Crippen molar-refractivity contribution in [3.8, 4) is 5.75 Å². The Kier molecular flexibility index (Phi) is 13.4. The summed E-state index contributed by atoms with van der Waals surface area (Å²) in [4.78, 5) is 42.2. The molecule has 48 heavy (non-hydrogen) atoms. The number of aliphatic hydroxyl groups excluding tert-OH is 1. The van der Waals surface area contributed by atoms with Crippen molar-refractivity contribution in [2.24, 2.45) is 5.92 Å². The summed E-state index contributed by atoms with van der Waals surface area (Å²) in [6.45, 7) is 7.63. The van der Waals surface area contributed by atoms with Gasteiger partial charge in [-0.2, -0.15) is 0 Å². The van der Waals surface area contributed by atoms with Gasteiger partial charge in [0, 0.05) is 43.5 Å². The lowest BCUT2D eigenvalue weighted by molar-refractivity contribution is -0.0177. The topological polar surface area (TPSA) is 141 Å². The van der Waals surface area contributed by atoms with Gasteiger partial charge in [0.05, 0.1) is 36.0 Å². The van der Waals surface area contributed by atoms with Crippen LogP contribution in [0.3, 0.4) is 0 Å². The number of rotatable bonds is 9. The molecular weight excluding hydrogens is 612 g/mol. The van der Waals surface area contributed by atoms with Gasteiger partial charge in [0.2, 0.25) is 0 Å². The molecule has 0 saturated heterocycles. The van der Waals surface area contributed by atoms with Crippen LogP contribution in [0, 0.1) is 5.92 Å². The number of hydrogen-bond acceptors (Lipinski definition) is 7. The van der Waals surface area contributed by atoms with E-state index in [1.165, 1.54) is 0 Å². The maximum Gasteiger partial charge on any atom is 0.335 e. The normalized spacial score (nSPS) is 19.8. The van der Waals surface area contributed by atoms with Crippen molar-refractivity contribution in [2.75, 3.05) is 44.0 Å². The first-order valence-corrected chi connectivity index (χ1v) is 16.5. The number of nitrogens with zero attached hydrogens (tertiary/aromatic N) is 2. The van der Waals surface area contributed by atoms with Gasteiger partial charge < -0.3 is 35.2 Å². The number of carbonyl (C=O) groups is 3. The van der Waals surface area contributed by atoms with Gasteiger partial charge in [-0.25, -0.2) is 9.59 Å².